The SMILES string of the molecule is Cc1c(C(=O)NNC(=O)c2ccccn2)oc2c1ccc1ccccc12. The number of aryl methyl sites for hydroxylation is 1. The molecular weight excluding hydrogens is 330 g/mol. The number of rotatable bonds is 2. The number of hydrazine groups is 1. The maximum Gasteiger partial charge on any atom is 0.305 e. The third-order valence-electron chi connectivity index (χ3n) is 4.22. The van der Waals surface area contributed by atoms with E-state index in [1.807, 2.05) is 43.3 Å². The average molecular weight is 345 g/mol. The van der Waals surface area contributed by atoms with Crippen LogP contribution in [0.3, 0.4) is 0 Å². The first-order valence-corrected chi connectivity index (χ1v) is 8.08. The van der Waals surface area contributed by atoms with Crippen LogP contribution < -0.4 is 10.9 Å². The van der Waals surface area contributed by atoms with Crippen LogP contribution in [0.15, 0.2) is 65.2 Å². The predicted octanol–water partition coefficient (Wildman–Crippen LogP) is 3.36. The molecule has 0 spiro atoms. The number of hydrogen-bond donors (Lipinski definition) is 2. The van der Waals surface area contributed by atoms with Crippen LogP contribution in [0.2, 0.25) is 0 Å². The number of nitrogens with one attached hydrogen (secondary N) is 2. The molecule has 6 heteroatoms. The van der Waals surface area contributed by atoms with Crippen LogP contribution in [-0.4, -0.2) is 16.8 Å². The molecule has 0 atom stereocenters. The molecule has 0 aliphatic heterocycles. The lowest BCUT2D eigenvalue weighted by molar-refractivity contribution is 0.0829. The van der Waals surface area contributed by atoms with E-state index in [4.69, 9.17) is 4.42 Å². The molecule has 4 aromatic rings. The van der Waals surface area contributed by atoms with Crippen LogP contribution in [0.5, 0.6) is 0 Å². The maximum absolute atomic E-state index is 12.5. The normalized spacial score (nSPS) is 10.8. The Hall–Kier alpha value is -3.67. The van der Waals surface area contributed by atoms with Gasteiger partial charge in [-0.1, -0.05) is 42.5 Å². The van der Waals surface area contributed by atoms with E-state index in [0.29, 0.717) is 5.58 Å². The summed E-state index contributed by atoms with van der Waals surface area (Å²) in [4.78, 5) is 28.4. The molecule has 0 unspecified atom stereocenters. The van der Waals surface area contributed by atoms with E-state index in [1.165, 1.54) is 6.20 Å². The van der Waals surface area contributed by atoms with Crippen molar-refractivity contribution in [3.05, 3.63) is 77.8 Å². The molecule has 0 aliphatic carbocycles. The van der Waals surface area contributed by atoms with Gasteiger partial charge in [-0.3, -0.25) is 25.4 Å². The van der Waals surface area contributed by atoms with E-state index >= 15 is 0 Å². The Morgan fingerprint density at radius 3 is 2.46 bits per heavy atom. The van der Waals surface area contributed by atoms with Crippen molar-refractivity contribution < 1.29 is 14.0 Å². The predicted molar refractivity (Wildman–Crippen MR) is 97.6 cm³/mol. The monoisotopic (exact) mass is 345 g/mol. The fourth-order valence-electron chi connectivity index (χ4n) is 2.90. The second kappa shape index (κ2) is 6.33. The van der Waals surface area contributed by atoms with Crippen molar-refractivity contribution >= 4 is 33.6 Å². The van der Waals surface area contributed by atoms with Gasteiger partial charge in [0.15, 0.2) is 5.76 Å². The van der Waals surface area contributed by atoms with E-state index in [-0.39, 0.29) is 11.5 Å². The van der Waals surface area contributed by atoms with Gasteiger partial charge in [0.1, 0.15) is 11.3 Å². The molecule has 0 saturated heterocycles. The van der Waals surface area contributed by atoms with Crippen LogP contribution in [0.25, 0.3) is 21.7 Å². The van der Waals surface area contributed by atoms with Gasteiger partial charge < -0.3 is 4.42 Å². The molecule has 6 nitrogen and oxygen atoms in total. The smallest absolute Gasteiger partial charge is 0.305 e. The fraction of sp³-hybridized carbons (Fsp3) is 0.0500. The summed E-state index contributed by atoms with van der Waals surface area (Å²) in [6.45, 7) is 1.82. The van der Waals surface area contributed by atoms with Gasteiger partial charge in [-0.15, -0.1) is 0 Å². The number of benzene rings is 2. The third-order valence-corrected chi connectivity index (χ3v) is 4.22. The largest absolute Gasteiger partial charge is 0.450 e. The van der Waals surface area contributed by atoms with Crippen molar-refractivity contribution in [1.82, 2.24) is 15.8 Å². The fourth-order valence-corrected chi connectivity index (χ4v) is 2.90. The Balaban J connectivity index is 1.62. The van der Waals surface area contributed by atoms with Crippen LogP contribution in [0, 0.1) is 6.92 Å². The molecule has 4 rings (SSSR count). The van der Waals surface area contributed by atoms with Crippen molar-refractivity contribution in [2.75, 3.05) is 0 Å². The highest BCUT2D eigenvalue weighted by atomic mass is 16.3. The number of amides is 2. The van der Waals surface area contributed by atoms with E-state index in [9.17, 15) is 9.59 Å². The van der Waals surface area contributed by atoms with Crippen LogP contribution in [0.4, 0.5) is 0 Å². The molecule has 2 aromatic heterocycles. The van der Waals surface area contributed by atoms with Crippen molar-refractivity contribution in [3.8, 4) is 0 Å². The van der Waals surface area contributed by atoms with Crippen molar-refractivity contribution in [2.45, 2.75) is 6.92 Å². The van der Waals surface area contributed by atoms with Gasteiger partial charge in [-0.2, -0.15) is 0 Å². The standard InChI is InChI=1S/C20H15N3O3/c1-12-14-10-9-13-6-2-3-7-15(13)18(14)26-17(12)20(25)23-22-19(24)16-8-4-5-11-21-16/h2-11H,1H3,(H,22,24)(H,23,25). The van der Waals surface area contributed by atoms with E-state index in [1.54, 1.807) is 18.2 Å². The molecule has 0 bridgehead atoms. The lowest BCUT2D eigenvalue weighted by Gasteiger charge is -2.05. The Kier molecular flexibility index (Phi) is 3.85. The van der Waals surface area contributed by atoms with Gasteiger partial charge in [-0.05, 0) is 24.4 Å². The lowest BCUT2D eigenvalue weighted by Crippen LogP contribution is -2.42. The highest BCUT2D eigenvalue weighted by molar-refractivity contribution is 6.09. The number of furan rings is 1. The van der Waals surface area contributed by atoms with Gasteiger partial charge in [0.2, 0.25) is 0 Å². The second-order valence-corrected chi connectivity index (χ2v) is 5.84. The van der Waals surface area contributed by atoms with Crippen LogP contribution >= 0.6 is 0 Å². The highest BCUT2D eigenvalue weighted by Crippen LogP contribution is 2.31. The lowest BCUT2D eigenvalue weighted by atomic mass is 10.1. The summed E-state index contributed by atoms with van der Waals surface area (Å²) in [5.41, 5.74) is 6.30. The van der Waals surface area contributed by atoms with Crippen LogP contribution in [-0.2, 0) is 0 Å². The zero-order valence-electron chi connectivity index (χ0n) is 13.9. The van der Waals surface area contributed by atoms with Crippen molar-refractivity contribution in [1.29, 1.82) is 0 Å². The number of aromatic nitrogens is 1. The average Bonchev–Trinajstić information content (AvgIpc) is 3.04. The number of fused-ring (bicyclic) bond motifs is 3. The number of carbonyl (C=O) groups is 2. The first-order chi connectivity index (χ1) is 12.6. The zero-order valence-corrected chi connectivity index (χ0v) is 13.9. The van der Waals surface area contributed by atoms with Crippen LogP contribution in [0.1, 0.15) is 26.6 Å². The minimum absolute atomic E-state index is 0.165. The topological polar surface area (TPSA) is 84.2 Å². The molecule has 128 valence electrons. The molecule has 0 radical (unpaired) electrons. The molecule has 2 N–H and O–H groups in total. The summed E-state index contributed by atoms with van der Waals surface area (Å²) in [6, 6.07) is 16.7. The third kappa shape index (κ3) is 2.67. The second-order valence-electron chi connectivity index (χ2n) is 5.84. The highest BCUT2D eigenvalue weighted by Gasteiger charge is 2.19. The Bertz CT molecular complexity index is 1130. The number of pyridine rings is 1. The summed E-state index contributed by atoms with van der Waals surface area (Å²) >= 11 is 0. The molecule has 0 aliphatic rings. The van der Waals surface area contributed by atoms with Gasteiger partial charge in [0.05, 0.1) is 0 Å². The minimum Gasteiger partial charge on any atom is -0.450 e. The molecule has 0 saturated carbocycles. The first kappa shape index (κ1) is 15.8. The molecule has 2 amide bonds. The van der Waals surface area contributed by atoms with Gasteiger partial charge in [0.25, 0.3) is 5.91 Å². The van der Waals surface area contributed by atoms with Gasteiger partial charge in [-0.25, -0.2) is 0 Å². The Morgan fingerprint density at radius 1 is 0.885 bits per heavy atom. The molecule has 26 heavy (non-hydrogen) atoms. The maximum atomic E-state index is 12.5. The van der Waals surface area contributed by atoms with E-state index in [2.05, 4.69) is 15.8 Å². The minimum atomic E-state index is -0.521. The van der Waals surface area contributed by atoms with E-state index < -0.39 is 11.8 Å². The summed E-state index contributed by atoms with van der Waals surface area (Å²) in [5, 5.41) is 2.83. The van der Waals surface area contributed by atoms with Crippen molar-refractivity contribution in [2.24, 2.45) is 0 Å². The summed E-state index contributed by atoms with van der Waals surface area (Å²) in [7, 11) is 0. The zero-order chi connectivity index (χ0) is 18.1. The summed E-state index contributed by atoms with van der Waals surface area (Å²) in [6.07, 6.45) is 1.51. The Morgan fingerprint density at radius 2 is 1.65 bits per heavy atom. The number of nitrogens with zero attached hydrogens (tertiary/aromatic N) is 1. The first-order valence-electron chi connectivity index (χ1n) is 8.08. The molecule has 0 fully saturated rings. The molecule has 2 heterocycles. The summed E-state index contributed by atoms with van der Waals surface area (Å²) < 4.78 is 5.83. The van der Waals surface area contributed by atoms with Gasteiger partial charge >= 0.3 is 5.91 Å². The quantitative estimate of drug-likeness (QED) is 0.546. The van der Waals surface area contributed by atoms with Crippen molar-refractivity contribution in [3.63, 3.8) is 0 Å². The summed E-state index contributed by atoms with van der Waals surface area (Å²) in [5.74, 6) is -0.858. The molecule has 2 aromatic carbocycles. The Labute approximate surface area is 148 Å². The van der Waals surface area contributed by atoms with Gasteiger partial charge in [0, 0.05) is 22.5 Å². The molecular formula is C20H15N3O3. The van der Waals surface area contributed by atoms with E-state index in [0.717, 1.165) is 21.7 Å². The number of carbonyl (C=O) groups excluding carboxylic acids is 2. The number of hydrogen-bond acceptors (Lipinski definition) is 4.